The summed E-state index contributed by atoms with van der Waals surface area (Å²) in [5, 5.41) is 3.40. The van der Waals surface area contributed by atoms with Crippen LogP contribution in [0.15, 0.2) is 0 Å². The fourth-order valence-corrected chi connectivity index (χ4v) is 1.61. The van der Waals surface area contributed by atoms with E-state index >= 15 is 0 Å². The normalized spacial score (nSPS) is 24.8. The molecule has 1 rings (SSSR count). The lowest BCUT2D eigenvalue weighted by atomic mass is 9.85. The van der Waals surface area contributed by atoms with E-state index in [1.165, 1.54) is 19.4 Å². The average Bonchev–Trinajstić information content (AvgIpc) is 2.06. The van der Waals surface area contributed by atoms with E-state index < -0.39 is 0 Å². The minimum absolute atomic E-state index is 0. The molecule has 0 saturated carbocycles. The average molecular weight is 194 g/mol. The standard InChI is InChI=1S/C9H19NO.ClH/c1-9(2,11-3)8-5-4-6-10-7-8;/h8,10H,4-7H2,1-3H3;1H. The molecule has 12 heavy (non-hydrogen) atoms. The van der Waals surface area contributed by atoms with E-state index in [1.807, 2.05) is 0 Å². The van der Waals surface area contributed by atoms with Crippen LogP contribution in [0, 0.1) is 5.92 Å². The molecule has 0 aliphatic carbocycles. The Morgan fingerprint density at radius 2 is 2.08 bits per heavy atom. The number of hydrogen-bond acceptors (Lipinski definition) is 2. The third kappa shape index (κ3) is 2.92. The van der Waals surface area contributed by atoms with Gasteiger partial charge in [0.2, 0.25) is 0 Å². The zero-order valence-corrected chi connectivity index (χ0v) is 9.04. The fourth-order valence-electron chi connectivity index (χ4n) is 1.61. The predicted molar refractivity (Wildman–Crippen MR) is 53.9 cm³/mol. The molecule has 1 fully saturated rings. The van der Waals surface area contributed by atoms with Gasteiger partial charge in [-0.15, -0.1) is 12.4 Å². The molecular weight excluding hydrogens is 174 g/mol. The van der Waals surface area contributed by atoms with Gasteiger partial charge in [-0.25, -0.2) is 0 Å². The van der Waals surface area contributed by atoms with Crippen molar-refractivity contribution in [2.24, 2.45) is 5.92 Å². The topological polar surface area (TPSA) is 21.3 Å². The Morgan fingerprint density at radius 3 is 2.50 bits per heavy atom. The molecule has 1 heterocycles. The molecule has 0 spiro atoms. The van der Waals surface area contributed by atoms with Gasteiger partial charge in [0.15, 0.2) is 0 Å². The summed E-state index contributed by atoms with van der Waals surface area (Å²) in [5.41, 5.74) is 0.0490. The lowest BCUT2D eigenvalue weighted by Crippen LogP contribution is -2.43. The highest BCUT2D eigenvalue weighted by Crippen LogP contribution is 2.25. The molecule has 1 N–H and O–H groups in total. The lowest BCUT2D eigenvalue weighted by molar-refractivity contribution is -0.0351. The minimum Gasteiger partial charge on any atom is -0.378 e. The van der Waals surface area contributed by atoms with Gasteiger partial charge in [-0.2, -0.15) is 0 Å². The Balaban J connectivity index is 0.00000121. The molecular formula is C9H20ClNO. The first kappa shape index (κ1) is 12.2. The van der Waals surface area contributed by atoms with E-state index in [1.54, 1.807) is 7.11 Å². The molecule has 74 valence electrons. The number of piperidine rings is 1. The van der Waals surface area contributed by atoms with Crippen LogP contribution in [0.1, 0.15) is 26.7 Å². The molecule has 0 aromatic rings. The second-order valence-corrected chi connectivity index (χ2v) is 3.85. The summed E-state index contributed by atoms with van der Waals surface area (Å²) in [6, 6.07) is 0. The molecule has 1 atom stereocenters. The minimum atomic E-state index is 0. The van der Waals surface area contributed by atoms with Gasteiger partial charge in [0, 0.05) is 13.7 Å². The van der Waals surface area contributed by atoms with Crippen LogP contribution in [-0.4, -0.2) is 25.8 Å². The number of halogens is 1. The summed E-state index contributed by atoms with van der Waals surface area (Å²) >= 11 is 0. The van der Waals surface area contributed by atoms with Crippen molar-refractivity contribution in [2.75, 3.05) is 20.2 Å². The van der Waals surface area contributed by atoms with E-state index in [-0.39, 0.29) is 18.0 Å². The van der Waals surface area contributed by atoms with E-state index in [2.05, 4.69) is 19.2 Å². The molecule has 2 nitrogen and oxygen atoms in total. The summed E-state index contributed by atoms with van der Waals surface area (Å²) in [7, 11) is 1.80. The zero-order chi connectivity index (χ0) is 8.32. The van der Waals surface area contributed by atoms with Gasteiger partial charge in [-0.3, -0.25) is 0 Å². The van der Waals surface area contributed by atoms with Crippen LogP contribution in [0.3, 0.4) is 0 Å². The predicted octanol–water partition coefficient (Wildman–Crippen LogP) is 1.83. The highest BCUT2D eigenvalue weighted by molar-refractivity contribution is 5.85. The van der Waals surface area contributed by atoms with E-state index in [0.717, 1.165) is 6.54 Å². The Labute approximate surface area is 81.5 Å². The van der Waals surface area contributed by atoms with Gasteiger partial charge < -0.3 is 10.1 Å². The van der Waals surface area contributed by atoms with Crippen molar-refractivity contribution in [3.8, 4) is 0 Å². The van der Waals surface area contributed by atoms with Crippen LogP contribution in [0.5, 0.6) is 0 Å². The second kappa shape index (κ2) is 5.05. The largest absolute Gasteiger partial charge is 0.378 e. The van der Waals surface area contributed by atoms with Gasteiger partial charge in [-0.05, 0) is 39.2 Å². The monoisotopic (exact) mass is 193 g/mol. The fraction of sp³-hybridized carbons (Fsp3) is 1.00. The van der Waals surface area contributed by atoms with Crippen molar-refractivity contribution in [1.29, 1.82) is 0 Å². The summed E-state index contributed by atoms with van der Waals surface area (Å²) in [6.07, 6.45) is 2.59. The SMILES string of the molecule is COC(C)(C)C1CCCNC1.Cl. The maximum Gasteiger partial charge on any atom is 0.0662 e. The molecule has 1 unspecified atom stereocenters. The van der Waals surface area contributed by atoms with Crippen molar-refractivity contribution in [3.05, 3.63) is 0 Å². The third-order valence-electron chi connectivity index (χ3n) is 2.81. The van der Waals surface area contributed by atoms with Gasteiger partial charge in [0.05, 0.1) is 5.60 Å². The lowest BCUT2D eigenvalue weighted by Gasteiger charge is -2.36. The van der Waals surface area contributed by atoms with E-state index in [9.17, 15) is 0 Å². The first-order valence-electron chi connectivity index (χ1n) is 4.42. The first-order chi connectivity index (χ1) is 5.17. The Kier molecular flexibility index (Phi) is 5.14. The van der Waals surface area contributed by atoms with Crippen LogP contribution >= 0.6 is 12.4 Å². The van der Waals surface area contributed by atoms with Crippen LogP contribution in [-0.2, 0) is 4.74 Å². The van der Waals surface area contributed by atoms with Gasteiger partial charge in [0.1, 0.15) is 0 Å². The third-order valence-corrected chi connectivity index (χ3v) is 2.81. The van der Waals surface area contributed by atoms with Gasteiger partial charge in [0.25, 0.3) is 0 Å². The highest BCUT2D eigenvalue weighted by atomic mass is 35.5. The highest BCUT2D eigenvalue weighted by Gasteiger charge is 2.29. The first-order valence-corrected chi connectivity index (χ1v) is 4.42. The van der Waals surface area contributed by atoms with Gasteiger partial charge >= 0.3 is 0 Å². The summed E-state index contributed by atoms with van der Waals surface area (Å²) < 4.78 is 5.44. The van der Waals surface area contributed by atoms with Crippen molar-refractivity contribution < 1.29 is 4.74 Å². The number of methoxy groups -OCH3 is 1. The Hall–Kier alpha value is 0.210. The van der Waals surface area contributed by atoms with Crippen molar-refractivity contribution in [1.82, 2.24) is 5.32 Å². The maximum atomic E-state index is 5.44. The van der Waals surface area contributed by atoms with E-state index in [4.69, 9.17) is 4.74 Å². The molecule has 3 heteroatoms. The maximum absolute atomic E-state index is 5.44. The van der Waals surface area contributed by atoms with E-state index in [0.29, 0.717) is 5.92 Å². The smallest absolute Gasteiger partial charge is 0.0662 e. The Bertz CT molecular complexity index is 122. The van der Waals surface area contributed by atoms with Crippen LogP contribution in [0.25, 0.3) is 0 Å². The molecule has 0 aromatic carbocycles. The second-order valence-electron chi connectivity index (χ2n) is 3.85. The van der Waals surface area contributed by atoms with Crippen LogP contribution in [0.2, 0.25) is 0 Å². The summed E-state index contributed by atoms with van der Waals surface area (Å²) in [4.78, 5) is 0. The van der Waals surface area contributed by atoms with Crippen LogP contribution < -0.4 is 5.32 Å². The number of hydrogen-bond donors (Lipinski definition) is 1. The molecule has 0 amide bonds. The molecule has 1 aliphatic rings. The molecule has 1 saturated heterocycles. The molecule has 0 radical (unpaired) electrons. The summed E-state index contributed by atoms with van der Waals surface area (Å²) in [6.45, 7) is 6.63. The molecule has 0 aromatic heterocycles. The van der Waals surface area contributed by atoms with Gasteiger partial charge in [-0.1, -0.05) is 0 Å². The number of nitrogens with one attached hydrogen (secondary N) is 1. The number of ether oxygens (including phenoxy) is 1. The molecule has 0 bridgehead atoms. The van der Waals surface area contributed by atoms with Crippen molar-refractivity contribution >= 4 is 12.4 Å². The quantitative estimate of drug-likeness (QED) is 0.723. The zero-order valence-electron chi connectivity index (χ0n) is 8.22. The summed E-state index contributed by atoms with van der Waals surface area (Å²) in [5.74, 6) is 0.682. The Morgan fingerprint density at radius 1 is 1.42 bits per heavy atom. The van der Waals surface area contributed by atoms with Crippen molar-refractivity contribution in [3.63, 3.8) is 0 Å². The van der Waals surface area contributed by atoms with Crippen molar-refractivity contribution in [2.45, 2.75) is 32.3 Å². The molecule has 1 aliphatic heterocycles. The van der Waals surface area contributed by atoms with Crippen LogP contribution in [0.4, 0.5) is 0 Å². The number of rotatable bonds is 2.